The van der Waals surface area contributed by atoms with Crippen molar-refractivity contribution in [1.29, 1.82) is 0 Å². The van der Waals surface area contributed by atoms with Crippen LogP contribution in [0.25, 0.3) is 16.8 Å². The molecule has 0 fully saturated rings. The second-order valence-electron chi connectivity index (χ2n) is 6.48. The average molecular weight is 421 g/mol. The first-order valence-corrected chi connectivity index (χ1v) is 9.32. The van der Waals surface area contributed by atoms with Crippen LogP contribution in [0.3, 0.4) is 0 Å². The first-order valence-electron chi connectivity index (χ1n) is 8.52. The van der Waals surface area contributed by atoms with E-state index in [1.54, 1.807) is 36.0 Å². The van der Waals surface area contributed by atoms with Crippen LogP contribution in [-0.2, 0) is 0 Å². The van der Waals surface area contributed by atoms with E-state index in [9.17, 15) is 9.59 Å². The second-order valence-corrected chi connectivity index (χ2v) is 7.40. The SMILES string of the molecule is CN1C(=O)N(C)c2ccc(C(=O)C=Cc3ccc(Br)cc3)c3cccc1c23. The lowest BCUT2D eigenvalue weighted by molar-refractivity contribution is 0.104. The van der Waals surface area contributed by atoms with Crippen LogP contribution in [0.5, 0.6) is 0 Å². The topological polar surface area (TPSA) is 40.6 Å². The predicted molar refractivity (Wildman–Crippen MR) is 114 cm³/mol. The number of carbonyl (C=O) groups excluding carboxylic acids is 2. The predicted octanol–water partition coefficient (Wildman–Crippen LogP) is 5.50. The lowest BCUT2D eigenvalue weighted by Gasteiger charge is -2.33. The zero-order valence-electron chi connectivity index (χ0n) is 14.9. The summed E-state index contributed by atoms with van der Waals surface area (Å²) in [7, 11) is 3.50. The van der Waals surface area contributed by atoms with Gasteiger partial charge in [-0.1, -0.05) is 46.3 Å². The highest BCUT2D eigenvalue weighted by atomic mass is 79.9. The number of hydrogen-bond acceptors (Lipinski definition) is 2. The fourth-order valence-corrected chi connectivity index (χ4v) is 3.67. The number of urea groups is 1. The molecule has 0 saturated heterocycles. The van der Waals surface area contributed by atoms with Gasteiger partial charge in [-0.25, -0.2) is 4.79 Å². The molecule has 1 heterocycles. The third-order valence-electron chi connectivity index (χ3n) is 4.86. The molecular weight excluding hydrogens is 404 g/mol. The molecule has 1 aliphatic heterocycles. The van der Waals surface area contributed by atoms with Crippen molar-refractivity contribution in [3.05, 3.63) is 76.3 Å². The maximum absolute atomic E-state index is 12.9. The minimum Gasteiger partial charge on any atom is -0.296 e. The molecule has 0 unspecified atom stereocenters. The molecule has 0 bridgehead atoms. The van der Waals surface area contributed by atoms with Gasteiger partial charge in [0.25, 0.3) is 0 Å². The molecular formula is C22H17BrN2O2. The Morgan fingerprint density at radius 3 is 2.30 bits per heavy atom. The van der Waals surface area contributed by atoms with Crippen LogP contribution in [0.2, 0.25) is 0 Å². The molecule has 0 aliphatic carbocycles. The van der Waals surface area contributed by atoms with Crippen LogP contribution < -0.4 is 9.80 Å². The monoisotopic (exact) mass is 420 g/mol. The van der Waals surface area contributed by atoms with Crippen LogP contribution in [0.4, 0.5) is 16.2 Å². The van der Waals surface area contributed by atoms with Gasteiger partial charge in [0.2, 0.25) is 0 Å². The number of halogens is 1. The largest absolute Gasteiger partial charge is 0.328 e. The van der Waals surface area contributed by atoms with E-state index in [0.717, 1.165) is 32.2 Å². The summed E-state index contributed by atoms with van der Waals surface area (Å²) in [4.78, 5) is 28.5. The first-order chi connectivity index (χ1) is 13.0. The van der Waals surface area contributed by atoms with E-state index in [4.69, 9.17) is 0 Å². The number of benzene rings is 3. The van der Waals surface area contributed by atoms with E-state index in [-0.39, 0.29) is 11.8 Å². The van der Waals surface area contributed by atoms with Crippen LogP contribution in [0.1, 0.15) is 15.9 Å². The molecule has 0 N–H and O–H groups in total. The fourth-order valence-electron chi connectivity index (χ4n) is 3.41. The Morgan fingerprint density at radius 2 is 1.59 bits per heavy atom. The smallest absolute Gasteiger partial charge is 0.296 e. The lowest BCUT2D eigenvalue weighted by Crippen LogP contribution is -2.41. The third-order valence-corrected chi connectivity index (χ3v) is 5.38. The number of amides is 2. The molecule has 0 radical (unpaired) electrons. The van der Waals surface area contributed by atoms with Crippen LogP contribution in [0.15, 0.2) is 65.1 Å². The Hall–Kier alpha value is -2.92. The molecule has 2 amide bonds. The van der Waals surface area contributed by atoms with Crippen molar-refractivity contribution in [2.75, 3.05) is 23.9 Å². The number of ketones is 1. The number of anilines is 2. The molecule has 3 aromatic rings. The zero-order valence-corrected chi connectivity index (χ0v) is 16.5. The first kappa shape index (κ1) is 17.5. The van der Waals surface area contributed by atoms with Crippen molar-refractivity contribution in [3.63, 3.8) is 0 Å². The maximum atomic E-state index is 12.9. The van der Waals surface area contributed by atoms with Crippen molar-refractivity contribution in [2.24, 2.45) is 0 Å². The number of hydrogen-bond donors (Lipinski definition) is 0. The maximum Gasteiger partial charge on any atom is 0.328 e. The quantitative estimate of drug-likeness (QED) is 0.414. The Bertz CT molecular complexity index is 1080. The van der Waals surface area contributed by atoms with Gasteiger partial charge in [-0.15, -0.1) is 0 Å². The Kier molecular flexibility index (Phi) is 4.32. The van der Waals surface area contributed by atoms with Crippen molar-refractivity contribution >= 4 is 56.0 Å². The highest BCUT2D eigenvalue weighted by Gasteiger charge is 2.28. The summed E-state index contributed by atoms with van der Waals surface area (Å²) in [6.45, 7) is 0. The molecule has 0 atom stereocenters. The number of rotatable bonds is 3. The third kappa shape index (κ3) is 2.94. The summed E-state index contributed by atoms with van der Waals surface area (Å²) in [6.07, 6.45) is 3.40. The van der Waals surface area contributed by atoms with E-state index < -0.39 is 0 Å². The van der Waals surface area contributed by atoms with Gasteiger partial charge in [-0.05, 0) is 47.4 Å². The van der Waals surface area contributed by atoms with Gasteiger partial charge < -0.3 is 0 Å². The molecule has 134 valence electrons. The van der Waals surface area contributed by atoms with Gasteiger partial charge in [0.15, 0.2) is 5.78 Å². The summed E-state index contributed by atoms with van der Waals surface area (Å²) in [5.41, 5.74) is 3.22. The highest BCUT2D eigenvalue weighted by molar-refractivity contribution is 9.10. The van der Waals surface area contributed by atoms with Gasteiger partial charge in [0.05, 0.1) is 11.4 Å². The normalized spacial score (nSPS) is 13.7. The number of nitrogens with zero attached hydrogens (tertiary/aromatic N) is 2. The fraction of sp³-hybridized carbons (Fsp3) is 0.0909. The molecule has 4 rings (SSSR count). The second kappa shape index (κ2) is 6.67. The van der Waals surface area contributed by atoms with Crippen LogP contribution in [-0.4, -0.2) is 25.9 Å². The molecule has 5 heteroatoms. The summed E-state index contributed by atoms with van der Waals surface area (Å²) >= 11 is 3.41. The summed E-state index contributed by atoms with van der Waals surface area (Å²) in [6, 6.07) is 17.0. The van der Waals surface area contributed by atoms with Crippen molar-refractivity contribution < 1.29 is 9.59 Å². The van der Waals surface area contributed by atoms with Gasteiger partial charge >= 0.3 is 6.03 Å². The van der Waals surface area contributed by atoms with Crippen molar-refractivity contribution in [3.8, 4) is 0 Å². The van der Waals surface area contributed by atoms with E-state index in [1.165, 1.54) is 0 Å². The van der Waals surface area contributed by atoms with Crippen molar-refractivity contribution in [1.82, 2.24) is 0 Å². The van der Waals surface area contributed by atoms with E-state index in [0.29, 0.717) is 5.56 Å². The number of allylic oxidation sites excluding steroid dienone is 1. The molecule has 1 aliphatic rings. The minimum absolute atomic E-state index is 0.0659. The molecule has 4 nitrogen and oxygen atoms in total. The molecule has 0 spiro atoms. The van der Waals surface area contributed by atoms with Gasteiger partial charge in [0.1, 0.15) is 0 Å². The van der Waals surface area contributed by atoms with E-state index in [2.05, 4.69) is 15.9 Å². The average Bonchev–Trinajstić information content (AvgIpc) is 2.69. The standard InChI is InChI=1S/C22H17BrN2O2/c1-24-18-5-3-4-17-16(11-12-19(21(17)18)25(2)22(24)27)20(26)13-8-14-6-9-15(23)10-7-14/h3-13H,1-2H3. The molecule has 0 aromatic heterocycles. The Balaban J connectivity index is 1.79. The van der Waals surface area contributed by atoms with Gasteiger partial charge in [-0.2, -0.15) is 0 Å². The minimum atomic E-state index is -0.0933. The molecule has 0 saturated carbocycles. The Morgan fingerprint density at radius 1 is 0.926 bits per heavy atom. The zero-order chi connectivity index (χ0) is 19.1. The van der Waals surface area contributed by atoms with E-state index in [1.807, 2.05) is 54.6 Å². The van der Waals surface area contributed by atoms with Gasteiger partial charge in [0, 0.05) is 29.5 Å². The highest BCUT2D eigenvalue weighted by Crippen LogP contribution is 2.40. The van der Waals surface area contributed by atoms with Crippen LogP contribution >= 0.6 is 15.9 Å². The molecule has 3 aromatic carbocycles. The molecule has 27 heavy (non-hydrogen) atoms. The van der Waals surface area contributed by atoms with Crippen LogP contribution in [0, 0.1) is 0 Å². The number of carbonyl (C=O) groups is 2. The lowest BCUT2D eigenvalue weighted by atomic mass is 9.96. The summed E-state index contributed by atoms with van der Waals surface area (Å²) in [5.74, 6) is -0.0659. The van der Waals surface area contributed by atoms with E-state index >= 15 is 0 Å². The van der Waals surface area contributed by atoms with Crippen molar-refractivity contribution in [2.45, 2.75) is 0 Å². The Labute approximate surface area is 165 Å². The summed E-state index contributed by atoms with van der Waals surface area (Å²) < 4.78 is 0.998. The summed E-state index contributed by atoms with van der Waals surface area (Å²) in [5, 5.41) is 1.77. The van der Waals surface area contributed by atoms with Gasteiger partial charge in [-0.3, -0.25) is 14.6 Å².